The van der Waals surface area contributed by atoms with Crippen LogP contribution in [-0.4, -0.2) is 56.4 Å². The molecule has 0 heterocycles. The predicted molar refractivity (Wildman–Crippen MR) is 66.1 cm³/mol. The number of rotatable bonds is 11. The summed E-state index contributed by atoms with van der Waals surface area (Å²) in [6.45, 7) is 3.25. The summed E-state index contributed by atoms with van der Waals surface area (Å²) in [5, 5.41) is 6.34. The summed E-state index contributed by atoms with van der Waals surface area (Å²) in [7, 11) is 2.54. The van der Waals surface area contributed by atoms with Crippen LogP contribution in [0.25, 0.3) is 0 Å². The maximum atomic E-state index is 5.32. The molecule has 0 fully saturated rings. The van der Waals surface area contributed by atoms with Crippen molar-refractivity contribution in [2.75, 3.05) is 47.6 Å². The lowest BCUT2D eigenvalue weighted by Gasteiger charge is -2.24. The van der Waals surface area contributed by atoms with Crippen molar-refractivity contribution >= 4 is 8.80 Å². The molecule has 0 aliphatic heterocycles. The van der Waals surface area contributed by atoms with Gasteiger partial charge in [0.25, 0.3) is 0 Å². The van der Waals surface area contributed by atoms with Crippen LogP contribution in [-0.2, 0) is 13.3 Å². The highest BCUT2D eigenvalue weighted by Crippen LogP contribution is 2.13. The van der Waals surface area contributed by atoms with Crippen LogP contribution in [0.3, 0.4) is 0 Å². The number of hydrogen-bond acceptors (Lipinski definition) is 6. The van der Waals surface area contributed by atoms with E-state index in [0.717, 1.165) is 32.1 Å². The summed E-state index contributed by atoms with van der Waals surface area (Å²) >= 11 is 0. The Hall–Kier alpha value is -0.0231. The van der Waals surface area contributed by atoms with Gasteiger partial charge in [-0.25, -0.2) is 0 Å². The van der Waals surface area contributed by atoms with Gasteiger partial charge in [0.2, 0.25) is 0 Å². The molecule has 0 spiro atoms. The molecule has 6 nitrogen and oxygen atoms in total. The first kappa shape index (κ1) is 16.0. The third kappa shape index (κ3) is 6.54. The van der Waals surface area contributed by atoms with E-state index in [1.165, 1.54) is 0 Å². The van der Waals surface area contributed by atoms with Gasteiger partial charge < -0.3 is 29.6 Å². The normalized spacial score (nSPS) is 12.0. The largest absolute Gasteiger partial charge is 0.500 e. The lowest BCUT2D eigenvalue weighted by atomic mass is 10.4. The van der Waals surface area contributed by atoms with Gasteiger partial charge in [-0.15, -0.1) is 0 Å². The SMILES string of the molecule is CO[Si](CCCNCCNCN)(OC)OC. The molecular weight excluding hydrogens is 226 g/mol. The van der Waals surface area contributed by atoms with Gasteiger partial charge in [-0.05, 0) is 13.0 Å². The summed E-state index contributed by atoms with van der Waals surface area (Å²) in [5.41, 5.74) is 5.30. The molecule has 16 heavy (non-hydrogen) atoms. The molecule has 7 heteroatoms. The van der Waals surface area contributed by atoms with Crippen molar-refractivity contribution < 1.29 is 13.3 Å². The highest BCUT2D eigenvalue weighted by molar-refractivity contribution is 6.60. The van der Waals surface area contributed by atoms with Gasteiger partial charge in [0.15, 0.2) is 0 Å². The monoisotopic (exact) mass is 251 g/mol. The zero-order valence-corrected chi connectivity index (χ0v) is 11.5. The van der Waals surface area contributed by atoms with Crippen LogP contribution in [0.5, 0.6) is 0 Å². The first-order valence-electron chi connectivity index (χ1n) is 5.51. The molecule has 0 radical (unpaired) electrons. The molecule has 0 bridgehead atoms. The smallest absolute Gasteiger partial charge is 0.377 e. The van der Waals surface area contributed by atoms with Gasteiger partial charge in [0.05, 0.1) is 0 Å². The second kappa shape index (κ2) is 10.2. The number of nitrogens with two attached hydrogens (primary N) is 1. The third-order valence-corrected chi connectivity index (χ3v) is 5.22. The summed E-state index contributed by atoms with van der Waals surface area (Å²) < 4.78 is 16.0. The Kier molecular flexibility index (Phi) is 10.1. The van der Waals surface area contributed by atoms with Crippen molar-refractivity contribution in [1.82, 2.24) is 10.6 Å². The molecule has 4 N–H and O–H groups in total. The molecule has 0 amide bonds. The topological polar surface area (TPSA) is 77.8 Å². The zero-order chi connectivity index (χ0) is 12.3. The molecule has 0 aromatic carbocycles. The fourth-order valence-corrected chi connectivity index (χ4v) is 3.11. The minimum atomic E-state index is -2.37. The Balaban J connectivity index is 3.48. The zero-order valence-electron chi connectivity index (χ0n) is 10.5. The molecule has 0 unspecified atom stereocenters. The van der Waals surface area contributed by atoms with E-state index in [1.807, 2.05) is 0 Å². The summed E-state index contributed by atoms with van der Waals surface area (Å²) in [6.07, 6.45) is 0.977. The van der Waals surface area contributed by atoms with Gasteiger partial charge in [-0.2, -0.15) is 0 Å². The summed E-state index contributed by atoms with van der Waals surface area (Å²) in [4.78, 5) is 0. The van der Waals surface area contributed by atoms with Gasteiger partial charge >= 0.3 is 8.80 Å². The van der Waals surface area contributed by atoms with Crippen LogP contribution < -0.4 is 16.4 Å². The molecule has 98 valence electrons. The Bertz CT molecular complexity index is 151. The van der Waals surface area contributed by atoms with Gasteiger partial charge in [0, 0.05) is 47.1 Å². The minimum Gasteiger partial charge on any atom is -0.377 e. The maximum absolute atomic E-state index is 5.32. The molecule has 0 rings (SSSR count). The molecular formula is C9H25N3O3Si. The van der Waals surface area contributed by atoms with Crippen molar-refractivity contribution in [2.45, 2.75) is 12.5 Å². The Labute approximate surface area is 99.2 Å². The molecule has 0 saturated carbocycles. The fraction of sp³-hybridized carbons (Fsp3) is 1.00. The molecule has 0 aromatic rings. The van der Waals surface area contributed by atoms with Crippen molar-refractivity contribution in [3.63, 3.8) is 0 Å². The first-order valence-corrected chi connectivity index (χ1v) is 7.44. The highest BCUT2D eigenvalue weighted by Gasteiger charge is 2.36. The molecule has 0 aliphatic carbocycles. The number of nitrogens with one attached hydrogen (secondary N) is 2. The maximum Gasteiger partial charge on any atom is 0.500 e. The summed E-state index contributed by atoms with van der Waals surface area (Å²) in [5.74, 6) is 0. The van der Waals surface area contributed by atoms with Crippen LogP contribution in [0.15, 0.2) is 0 Å². The quantitative estimate of drug-likeness (QED) is 0.257. The van der Waals surface area contributed by atoms with Gasteiger partial charge in [-0.1, -0.05) is 0 Å². The van der Waals surface area contributed by atoms with Crippen molar-refractivity contribution in [1.29, 1.82) is 0 Å². The van der Waals surface area contributed by atoms with E-state index in [1.54, 1.807) is 21.3 Å². The van der Waals surface area contributed by atoms with Gasteiger partial charge in [0.1, 0.15) is 0 Å². The molecule has 0 atom stereocenters. The van der Waals surface area contributed by atoms with Crippen LogP contribution in [0.4, 0.5) is 0 Å². The van der Waals surface area contributed by atoms with Crippen LogP contribution >= 0.6 is 0 Å². The molecule has 0 aliphatic rings. The molecule has 0 aromatic heterocycles. The Morgan fingerprint density at radius 3 is 2.00 bits per heavy atom. The third-order valence-electron chi connectivity index (χ3n) is 2.39. The van der Waals surface area contributed by atoms with Crippen LogP contribution in [0.2, 0.25) is 6.04 Å². The van der Waals surface area contributed by atoms with Crippen molar-refractivity contribution in [3.8, 4) is 0 Å². The second-order valence-electron chi connectivity index (χ2n) is 3.35. The van der Waals surface area contributed by atoms with E-state index >= 15 is 0 Å². The Morgan fingerprint density at radius 2 is 1.50 bits per heavy atom. The van der Waals surface area contributed by atoms with E-state index in [9.17, 15) is 0 Å². The molecule has 0 saturated heterocycles. The van der Waals surface area contributed by atoms with E-state index in [2.05, 4.69) is 10.6 Å². The van der Waals surface area contributed by atoms with Crippen molar-refractivity contribution in [2.24, 2.45) is 5.73 Å². The standard InChI is InChI=1S/C9H25N3O3Si/c1-13-16(14-2,15-3)8-4-5-11-6-7-12-9-10/h11-12H,4-10H2,1-3H3. The second-order valence-corrected chi connectivity index (χ2v) is 6.44. The van der Waals surface area contributed by atoms with Gasteiger partial charge in [-0.3, -0.25) is 0 Å². The van der Waals surface area contributed by atoms with E-state index in [4.69, 9.17) is 19.0 Å². The number of hydrogen-bond donors (Lipinski definition) is 3. The average molecular weight is 251 g/mol. The van der Waals surface area contributed by atoms with E-state index in [0.29, 0.717) is 6.67 Å². The van der Waals surface area contributed by atoms with Crippen LogP contribution in [0, 0.1) is 0 Å². The lowest BCUT2D eigenvalue weighted by molar-refractivity contribution is 0.123. The highest BCUT2D eigenvalue weighted by atomic mass is 28.4. The fourth-order valence-electron chi connectivity index (χ4n) is 1.39. The Morgan fingerprint density at radius 1 is 0.938 bits per heavy atom. The van der Waals surface area contributed by atoms with Crippen LogP contribution in [0.1, 0.15) is 6.42 Å². The van der Waals surface area contributed by atoms with Crippen molar-refractivity contribution in [3.05, 3.63) is 0 Å². The van der Waals surface area contributed by atoms with E-state index < -0.39 is 8.80 Å². The summed E-state index contributed by atoms with van der Waals surface area (Å²) in [6, 6.07) is 0.827. The van der Waals surface area contributed by atoms with E-state index in [-0.39, 0.29) is 0 Å². The first-order chi connectivity index (χ1) is 7.74. The minimum absolute atomic E-state index is 0.523. The lowest BCUT2D eigenvalue weighted by Crippen LogP contribution is -2.43. The predicted octanol–water partition coefficient (Wildman–Crippen LogP) is -0.650. The average Bonchev–Trinajstić information content (AvgIpc) is 2.34.